The minimum atomic E-state index is -1.01. The standard InChI is InChI=1S/C12H6ClF2N3O3/c13-11-10(18(20)21)7(3-4-16-11)12(19)17-9-2-1-6(14)5-8(9)15/h1-5H,(H,17,19). The summed E-state index contributed by atoms with van der Waals surface area (Å²) in [6.07, 6.45) is 1.10. The second-order valence-corrected chi connectivity index (χ2v) is 4.19. The van der Waals surface area contributed by atoms with Gasteiger partial charge in [0, 0.05) is 12.3 Å². The summed E-state index contributed by atoms with van der Waals surface area (Å²) in [6, 6.07) is 3.58. The van der Waals surface area contributed by atoms with Gasteiger partial charge in [-0.3, -0.25) is 14.9 Å². The van der Waals surface area contributed by atoms with Crippen LogP contribution >= 0.6 is 11.6 Å². The molecule has 9 heteroatoms. The summed E-state index contributed by atoms with van der Waals surface area (Å²) < 4.78 is 26.2. The van der Waals surface area contributed by atoms with Crippen molar-refractivity contribution in [1.82, 2.24) is 4.98 Å². The van der Waals surface area contributed by atoms with Crippen LogP contribution in [0.2, 0.25) is 5.15 Å². The van der Waals surface area contributed by atoms with Crippen LogP contribution in [0.4, 0.5) is 20.2 Å². The van der Waals surface area contributed by atoms with Gasteiger partial charge in [-0.1, -0.05) is 11.6 Å². The molecule has 0 atom stereocenters. The summed E-state index contributed by atoms with van der Waals surface area (Å²) in [5.41, 5.74) is -1.40. The van der Waals surface area contributed by atoms with Crippen molar-refractivity contribution in [2.75, 3.05) is 5.32 Å². The minimum absolute atomic E-state index is 0.316. The lowest BCUT2D eigenvalue weighted by atomic mass is 10.2. The number of nitrogens with zero attached hydrogens (tertiary/aromatic N) is 2. The molecule has 1 aromatic heterocycles. The molecule has 2 rings (SSSR count). The Bertz CT molecular complexity index is 740. The van der Waals surface area contributed by atoms with Gasteiger partial charge in [-0.05, 0) is 18.2 Å². The first-order chi connectivity index (χ1) is 9.90. The van der Waals surface area contributed by atoms with Gasteiger partial charge < -0.3 is 5.32 Å². The SMILES string of the molecule is O=C(Nc1ccc(F)cc1F)c1ccnc(Cl)c1[N+](=O)[O-]. The van der Waals surface area contributed by atoms with Crippen LogP contribution in [0.3, 0.4) is 0 Å². The lowest BCUT2D eigenvalue weighted by molar-refractivity contribution is -0.385. The van der Waals surface area contributed by atoms with Crippen molar-refractivity contribution < 1.29 is 18.5 Å². The number of carbonyl (C=O) groups excluding carboxylic acids is 1. The van der Waals surface area contributed by atoms with Crippen LogP contribution in [0.5, 0.6) is 0 Å². The molecule has 1 amide bonds. The molecule has 0 aliphatic carbocycles. The number of aromatic nitrogens is 1. The van der Waals surface area contributed by atoms with E-state index in [4.69, 9.17) is 11.6 Å². The Morgan fingerprint density at radius 3 is 2.67 bits per heavy atom. The van der Waals surface area contributed by atoms with Crippen LogP contribution in [0.1, 0.15) is 10.4 Å². The van der Waals surface area contributed by atoms with E-state index < -0.39 is 33.3 Å². The summed E-state index contributed by atoms with van der Waals surface area (Å²) in [5.74, 6) is -2.79. The average molecular weight is 314 g/mol. The lowest BCUT2D eigenvalue weighted by Crippen LogP contribution is -2.15. The van der Waals surface area contributed by atoms with E-state index in [2.05, 4.69) is 10.3 Å². The van der Waals surface area contributed by atoms with Crippen molar-refractivity contribution in [3.8, 4) is 0 Å². The third-order valence-corrected chi connectivity index (χ3v) is 2.76. The van der Waals surface area contributed by atoms with E-state index in [1.807, 2.05) is 0 Å². The van der Waals surface area contributed by atoms with Gasteiger partial charge in [0.15, 0.2) is 0 Å². The smallest absolute Gasteiger partial charge is 0.319 e. The molecule has 1 N–H and O–H groups in total. The number of hydrogen-bond donors (Lipinski definition) is 1. The second kappa shape index (κ2) is 5.80. The third kappa shape index (κ3) is 3.11. The molecule has 0 aliphatic rings. The number of amides is 1. The number of benzene rings is 1. The minimum Gasteiger partial charge on any atom is -0.319 e. The first-order valence-corrected chi connectivity index (χ1v) is 5.83. The number of carbonyl (C=O) groups is 1. The molecule has 0 bridgehead atoms. The number of hydrogen-bond acceptors (Lipinski definition) is 4. The molecule has 0 radical (unpaired) electrons. The quantitative estimate of drug-likeness (QED) is 0.536. The van der Waals surface area contributed by atoms with Gasteiger partial charge in [0.05, 0.1) is 10.6 Å². The highest BCUT2D eigenvalue weighted by Crippen LogP contribution is 2.27. The summed E-state index contributed by atoms with van der Waals surface area (Å²) in [6.45, 7) is 0. The molecule has 0 aliphatic heterocycles. The van der Waals surface area contributed by atoms with E-state index >= 15 is 0 Å². The maximum Gasteiger partial charge on any atom is 0.319 e. The molecule has 0 fully saturated rings. The highest BCUT2D eigenvalue weighted by Gasteiger charge is 2.25. The maximum atomic E-state index is 13.4. The van der Waals surface area contributed by atoms with Crippen LogP contribution in [-0.2, 0) is 0 Å². The number of nitro groups is 1. The van der Waals surface area contributed by atoms with Crippen molar-refractivity contribution in [1.29, 1.82) is 0 Å². The van der Waals surface area contributed by atoms with Gasteiger partial charge in [-0.25, -0.2) is 13.8 Å². The molecule has 1 aromatic carbocycles. The van der Waals surface area contributed by atoms with Crippen LogP contribution in [0.15, 0.2) is 30.5 Å². The molecule has 0 unspecified atom stereocenters. The Morgan fingerprint density at radius 1 is 1.33 bits per heavy atom. The molecule has 2 aromatic rings. The molecule has 108 valence electrons. The van der Waals surface area contributed by atoms with Gasteiger partial charge in [0.2, 0.25) is 5.15 Å². The Labute approximate surface area is 121 Å². The number of pyridine rings is 1. The lowest BCUT2D eigenvalue weighted by Gasteiger charge is -2.07. The van der Waals surface area contributed by atoms with Gasteiger partial charge in [-0.2, -0.15) is 0 Å². The zero-order valence-corrected chi connectivity index (χ0v) is 10.9. The zero-order valence-electron chi connectivity index (χ0n) is 10.1. The summed E-state index contributed by atoms with van der Waals surface area (Å²) >= 11 is 5.57. The van der Waals surface area contributed by atoms with Crippen LogP contribution in [-0.4, -0.2) is 15.8 Å². The second-order valence-electron chi connectivity index (χ2n) is 3.83. The van der Waals surface area contributed by atoms with Crippen LogP contribution < -0.4 is 5.32 Å². The number of rotatable bonds is 3. The summed E-state index contributed by atoms with van der Waals surface area (Å²) in [4.78, 5) is 25.5. The van der Waals surface area contributed by atoms with E-state index in [0.717, 1.165) is 24.4 Å². The highest BCUT2D eigenvalue weighted by atomic mass is 35.5. The summed E-state index contributed by atoms with van der Waals surface area (Å²) in [7, 11) is 0. The fourth-order valence-electron chi connectivity index (χ4n) is 1.57. The fourth-order valence-corrected chi connectivity index (χ4v) is 1.79. The number of anilines is 1. The van der Waals surface area contributed by atoms with Crippen molar-refractivity contribution in [2.24, 2.45) is 0 Å². The third-order valence-electron chi connectivity index (χ3n) is 2.49. The van der Waals surface area contributed by atoms with Crippen LogP contribution in [0, 0.1) is 21.7 Å². The van der Waals surface area contributed by atoms with E-state index in [9.17, 15) is 23.7 Å². The summed E-state index contributed by atoms with van der Waals surface area (Å²) in [5, 5.41) is 12.5. The predicted octanol–water partition coefficient (Wildman–Crippen LogP) is 3.17. The monoisotopic (exact) mass is 313 g/mol. The van der Waals surface area contributed by atoms with E-state index in [0.29, 0.717) is 6.07 Å². The Kier molecular flexibility index (Phi) is 4.08. The first-order valence-electron chi connectivity index (χ1n) is 5.45. The molecule has 0 saturated heterocycles. The molecule has 21 heavy (non-hydrogen) atoms. The molecule has 0 saturated carbocycles. The van der Waals surface area contributed by atoms with Crippen LogP contribution in [0.25, 0.3) is 0 Å². The Balaban J connectivity index is 2.37. The highest BCUT2D eigenvalue weighted by molar-refractivity contribution is 6.32. The topological polar surface area (TPSA) is 85.1 Å². The number of halogens is 3. The van der Waals surface area contributed by atoms with E-state index in [1.54, 1.807) is 0 Å². The molecule has 1 heterocycles. The van der Waals surface area contributed by atoms with E-state index in [-0.39, 0.29) is 11.3 Å². The Hall–Kier alpha value is -2.61. The normalized spacial score (nSPS) is 10.2. The van der Waals surface area contributed by atoms with Gasteiger partial charge in [0.25, 0.3) is 5.91 Å². The zero-order chi connectivity index (χ0) is 15.6. The van der Waals surface area contributed by atoms with Gasteiger partial charge in [-0.15, -0.1) is 0 Å². The molecule has 0 spiro atoms. The largest absolute Gasteiger partial charge is 0.319 e. The Morgan fingerprint density at radius 2 is 2.05 bits per heavy atom. The van der Waals surface area contributed by atoms with Gasteiger partial charge in [0.1, 0.15) is 17.2 Å². The van der Waals surface area contributed by atoms with Crippen molar-refractivity contribution in [2.45, 2.75) is 0 Å². The molecule has 6 nitrogen and oxygen atoms in total. The van der Waals surface area contributed by atoms with Crippen molar-refractivity contribution in [3.05, 3.63) is 62.9 Å². The predicted molar refractivity (Wildman–Crippen MR) is 70.2 cm³/mol. The van der Waals surface area contributed by atoms with Crippen molar-refractivity contribution in [3.63, 3.8) is 0 Å². The maximum absolute atomic E-state index is 13.4. The first kappa shape index (κ1) is 14.8. The molecular weight excluding hydrogens is 308 g/mol. The molecular formula is C12H6ClF2N3O3. The number of nitrogens with one attached hydrogen (secondary N) is 1. The van der Waals surface area contributed by atoms with Crippen molar-refractivity contribution >= 4 is 28.9 Å². The van der Waals surface area contributed by atoms with E-state index in [1.165, 1.54) is 0 Å². The van der Waals surface area contributed by atoms with Gasteiger partial charge >= 0.3 is 5.69 Å². The fraction of sp³-hybridized carbons (Fsp3) is 0. The average Bonchev–Trinajstić information content (AvgIpc) is 2.41.